The van der Waals surface area contributed by atoms with E-state index in [0.717, 1.165) is 34.7 Å². The summed E-state index contributed by atoms with van der Waals surface area (Å²) in [6.07, 6.45) is 5.26. The minimum absolute atomic E-state index is 0.426. The maximum absolute atomic E-state index is 12.6. The van der Waals surface area contributed by atoms with Crippen LogP contribution in [0.3, 0.4) is 0 Å². The molecule has 0 saturated heterocycles. The highest BCUT2D eigenvalue weighted by atomic mass is 16.5. The molecule has 1 aromatic heterocycles. The number of anilines is 1. The van der Waals surface area contributed by atoms with Crippen molar-refractivity contribution in [1.82, 2.24) is 4.98 Å². The number of nitrogens with two attached hydrogens (primary N) is 1. The van der Waals surface area contributed by atoms with Gasteiger partial charge < -0.3 is 20.5 Å². The highest BCUT2D eigenvalue weighted by Crippen LogP contribution is 2.49. The van der Waals surface area contributed by atoms with Crippen LogP contribution in [-0.2, 0) is 4.79 Å². The molecule has 1 atom stereocenters. The Balaban J connectivity index is 1.89. The summed E-state index contributed by atoms with van der Waals surface area (Å²) in [6.45, 7) is 4.36. The molecule has 7 heteroatoms. The number of methoxy groups -OCH3 is 1. The molecule has 0 bridgehead atoms. The number of carbonyl (C=O) groups is 1. The molecule has 0 radical (unpaired) electrons. The molecule has 1 amide bonds. The first-order chi connectivity index (χ1) is 14.9. The Morgan fingerprint density at radius 1 is 1.35 bits per heavy atom. The van der Waals surface area contributed by atoms with E-state index >= 15 is 0 Å². The van der Waals surface area contributed by atoms with Crippen LogP contribution in [0.25, 0.3) is 0 Å². The molecule has 1 aliphatic heterocycles. The minimum Gasteiger partial charge on any atom is -0.496 e. The van der Waals surface area contributed by atoms with Crippen molar-refractivity contribution in [2.24, 2.45) is 11.7 Å². The Morgan fingerprint density at radius 3 is 2.77 bits per heavy atom. The standard InChI is InChI=1S/C24H26N4O3/c1-13-12-27-24(31-9-8-15-4-5-15)21-20(19(23(26)29)14(2)28-22(13)21)17-7-6-16(11-25)10-18(17)30-3/h6-7,10,12,15,20,28H,4-5,8-9H2,1-3H3,(H2,26,29)/t20-/m1/s1. The fourth-order valence-corrected chi connectivity index (χ4v) is 4.16. The number of ether oxygens (including phenoxy) is 2. The first-order valence-electron chi connectivity index (χ1n) is 10.4. The Morgan fingerprint density at radius 2 is 2.13 bits per heavy atom. The van der Waals surface area contributed by atoms with Gasteiger partial charge in [0.2, 0.25) is 11.8 Å². The summed E-state index contributed by atoms with van der Waals surface area (Å²) in [6, 6.07) is 7.32. The molecule has 160 valence electrons. The predicted molar refractivity (Wildman–Crippen MR) is 117 cm³/mol. The van der Waals surface area contributed by atoms with Crippen molar-refractivity contribution in [3.63, 3.8) is 0 Å². The normalized spacial score (nSPS) is 17.4. The number of rotatable bonds is 7. The summed E-state index contributed by atoms with van der Waals surface area (Å²) in [5.74, 6) is 0.666. The first-order valence-corrected chi connectivity index (χ1v) is 10.4. The van der Waals surface area contributed by atoms with E-state index in [9.17, 15) is 10.1 Å². The van der Waals surface area contributed by atoms with E-state index in [4.69, 9.17) is 15.2 Å². The summed E-state index contributed by atoms with van der Waals surface area (Å²) >= 11 is 0. The fraction of sp³-hybridized carbons (Fsp3) is 0.375. The van der Waals surface area contributed by atoms with Crippen molar-refractivity contribution in [3.8, 4) is 17.7 Å². The number of amides is 1. The molecule has 3 N–H and O–H groups in total. The van der Waals surface area contributed by atoms with Crippen LogP contribution in [0.2, 0.25) is 0 Å². The lowest BCUT2D eigenvalue weighted by molar-refractivity contribution is -0.114. The molecular weight excluding hydrogens is 392 g/mol. The van der Waals surface area contributed by atoms with Crippen molar-refractivity contribution in [2.45, 2.75) is 39.0 Å². The third-order valence-corrected chi connectivity index (χ3v) is 5.96. The number of aryl methyl sites for hydroxylation is 1. The Hall–Kier alpha value is -3.53. The van der Waals surface area contributed by atoms with Crippen LogP contribution < -0.4 is 20.5 Å². The minimum atomic E-state index is -0.530. The third-order valence-electron chi connectivity index (χ3n) is 5.96. The van der Waals surface area contributed by atoms with E-state index in [2.05, 4.69) is 16.4 Å². The Labute approximate surface area is 181 Å². The molecule has 2 heterocycles. The Kier molecular flexibility index (Phi) is 5.55. The van der Waals surface area contributed by atoms with Crippen LogP contribution in [-0.4, -0.2) is 24.6 Å². The number of nitrogens with zero attached hydrogens (tertiary/aromatic N) is 2. The van der Waals surface area contributed by atoms with Gasteiger partial charge in [-0.15, -0.1) is 0 Å². The van der Waals surface area contributed by atoms with Crippen LogP contribution in [0, 0.1) is 24.2 Å². The lowest BCUT2D eigenvalue weighted by atomic mass is 9.79. The average Bonchev–Trinajstić information content (AvgIpc) is 3.58. The van der Waals surface area contributed by atoms with E-state index in [1.165, 1.54) is 12.8 Å². The number of benzene rings is 1. The lowest BCUT2D eigenvalue weighted by Gasteiger charge is -2.32. The van der Waals surface area contributed by atoms with E-state index in [1.807, 2.05) is 19.9 Å². The van der Waals surface area contributed by atoms with Gasteiger partial charge in [-0.25, -0.2) is 4.98 Å². The number of carbonyl (C=O) groups excluding carboxylic acids is 1. The first kappa shape index (κ1) is 20.7. The number of nitriles is 1. The number of hydrogen-bond acceptors (Lipinski definition) is 6. The van der Waals surface area contributed by atoms with Crippen molar-refractivity contribution < 1.29 is 14.3 Å². The van der Waals surface area contributed by atoms with Gasteiger partial charge >= 0.3 is 0 Å². The van der Waals surface area contributed by atoms with Crippen molar-refractivity contribution >= 4 is 11.6 Å². The molecule has 0 spiro atoms. The van der Waals surface area contributed by atoms with Gasteiger partial charge in [0.05, 0.1) is 42.5 Å². The Bertz CT molecular complexity index is 1110. The monoisotopic (exact) mass is 418 g/mol. The van der Waals surface area contributed by atoms with Crippen LogP contribution in [0.1, 0.15) is 54.4 Å². The predicted octanol–water partition coefficient (Wildman–Crippen LogP) is 3.77. The van der Waals surface area contributed by atoms with Gasteiger partial charge in [-0.3, -0.25) is 4.79 Å². The number of nitrogens with one attached hydrogen (secondary N) is 1. The van der Waals surface area contributed by atoms with Crippen molar-refractivity contribution in [3.05, 3.63) is 57.9 Å². The second-order valence-corrected chi connectivity index (χ2v) is 8.15. The number of aromatic nitrogens is 1. The highest BCUT2D eigenvalue weighted by Gasteiger charge is 2.37. The van der Waals surface area contributed by atoms with Crippen molar-refractivity contribution in [2.75, 3.05) is 19.0 Å². The molecule has 31 heavy (non-hydrogen) atoms. The number of allylic oxidation sites excluding steroid dienone is 1. The van der Waals surface area contributed by atoms with Crippen LogP contribution in [0.4, 0.5) is 5.69 Å². The van der Waals surface area contributed by atoms with E-state index in [0.29, 0.717) is 35.1 Å². The van der Waals surface area contributed by atoms with Crippen LogP contribution in [0.5, 0.6) is 11.6 Å². The topological polar surface area (TPSA) is 110 Å². The van der Waals surface area contributed by atoms with E-state index < -0.39 is 11.8 Å². The molecule has 4 rings (SSSR count). The molecule has 0 unspecified atom stereocenters. The lowest BCUT2D eigenvalue weighted by Crippen LogP contribution is -2.28. The fourth-order valence-electron chi connectivity index (χ4n) is 4.16. The molecular formula is C24H26N4O3. The van der Waals surface area contributed by atoms with Gasteiger partial charge in [0, 0.05) is 23.0 Å². The summed E-state index contributed by atoms with van der Waals surface area (Å²) in [5, 5.41) is 12.6. The number of primary amides is 1. The average molecular weight is 418 g/mol. The molecule has 1 aliphatic carbocycles. The molecule has 1 aromatic carbocycles. The van der Waals surface area contributed by atoms with Crippen LogP contribution >= 0.6 is 0 Å². The van der Waals surface area contributed by atoms with E-state index in [1.54, 1.807) is 25.4 Å². The zero-order chi connectivity index (χ0) is 22.1. The van der Waals surface area contributed by atoms with Crippen LogP contribution in [0.15, 0.2) is 35.7 Å². The van der Waals surface area contributed by atoms with Gasteiger partial charge in [0.25, 0.3) is 0 Å². The number of hydrogen-bond donors (Lipinski definition) is 2. The second-order valence-electron chi connectivity index (χ2n) is 8.15. The maximum atomic E-state index is 12.6. The van der Waals surface area contributed by atoms with E-state index in [-0.39, 0.29) is 0 Å². The van der Waals surface area contributed by atoms with Gasteiger partial charge in [-0.1, -0.05) is 18.9 Å². The smallest absolute Gasteiger partial charge is 0.247 e. The summed E-state index contributed by atoms with van der Waals surface area (Å²) in [4.78, 5) is 17.1. The molecule has 7 nitrogen and oxygen atoms in total. The largest absolute Gasteiger partial charge is 0.496 e. The quantitative estimate of drug-likeness (QED) is 0.708. The van der Waals surface area contributed by atoms with Crippen molar-refractivity contribution in [1.29, 1.82) is 5.26 Å². The summed E-state index contributed by atoms with van der Waals surface area (Å²) in [7, 11) is 1.55. The summed E-state index contributed by atoms with van der Waals surface area (Å²) in [5.41, 5.74) is 10.7. The van der Waals surface area contributed by atoms with Gasteiger partial charge in [-0.2, -0.15) is 5.26 Å². The maximum Gasteiger partial charge on any atom is 0.247 e. The molecule has 1 saturated carbocycles. The summed E-state index contributed by atoms with van der Waals surface area (Å²) < 4.78 is 11.7. The zero-order valence-electron chi connectivity index (χ0n) is 18.0. The van der Waals surface area contributed by atoms with Gasteiger partial charge in [-0.05, 0) is 43.9 Å². The SMILES string of the molecule is COc1cc(C#N)ccc1[C@@H]1C(C(N)=O)=C(C)Nc2c(C)cnc(OCCC3CC3)c21. The number of pyridine rings is 1. The molecule has 2 aromatic rings. The zero-order valence-corrected chi connectivity index (χ0v) is 18.0. The second kappa shape index (κ2) is 8.31. The molecule has 2 aliphatic rings. The van der Waals surface area contributed by atoms with Gasteiger partial charge in [0.15, 0.2) is 0 Å². The van der Waals surface area contributed by atoms with Gasteiger partial charge in [0.1, 0.15) is 5.75 Å². The highest BCUT2D eigenvalue weighted by molar-refractivity contribution is 5.98. The third kappa shape index (κ3) is 3.93. The molecule has 1 fully saturated rings. The number of fused-ring (bicyclic) bond motifs is 1.